The normalized spacial score (nSPS) is 20.9. The van der Waals surface area contributed by atoms with Crippen molar-refractivity contribution in [1.29, 1.82) is 0 Å². The van der Waals surface area contributed by atoms with Gasteiger partial charge in [-0.2, -0.15) is 0 Å². The molecule has 0 spiro atoms. The molecule has 0 aliphatic carbocycles. The molecule has 1 rings (SSSR count). The van der Waals surface area contributed by atoms with Gasteiger partial charge in [0, 0.05) is 12.3 Å². The van der Waals surface area contributed by atoms with Gasteiger partial charge in [-0.3, -0.25) is 4.79 Å². The smallest absolute Gasteiger partial charge is 0.136 e. The first-order valence-corrected chi connectivity index (χ1v) is 4.47. The van der Waals surface area contributed by atoms with Gasteiger partial charge in [-0.1, -0.05) is 13.8 Å². The Morgan fingerprint density at radius 1 is 1.64 bits per heavy atom. The van der Waals surface area contributed by atoms with Crippen LogP contribution in [0.25, 0.3) is 0 Å². The molecule has 1 fully saturated rings. The van der Waals surface area contributed by atoms with Crippen molar-refractivity contribution in [2.75, 3.05) is 13.1 Å². The summed E-state index contributed by atoms with van der Waals surface area (Å²) in [4.78, 5) is 11.3. The van der Waals surface area contributed by atoms with E-state index in [1.807, 2.05) is 6.92 Å². The number of carbonyl (C=O) groups excluding carboxylic acids is 1. The second-order valence-corrected chi connectivity index (χ2v) is 3.50. The SMILES string of the molecule is CCC(C)C(=O)CC1CNC1. The molecule has 0 bridgehead atoms. The Hall–Kier alpha value is -0.370. The van der Waals surface area contributed by atoms with Gasteiger partial charge < -0.3 is 5.32 Å². The highest BCUT2D eigenvalue weighted by Crippen LogP contribution is 2.14. The van der Waals surface area contributed by atoms with Gasteiger partial charge in [0.05, 0.1) is 0 Å². The van der Waals surface area contributed by atoms with E-state index in [4.69, 9.17) is 0 Å². The molecule has 1 aliphatic heterocycles. The maximum Gasteiger partial charge on any atom is 0.136 e. The van der Waals surface area contributed by atoms with E-state index in [1.54, 1.807) is 0 Å². The van der Waals surface area contributed by atoms with Gasteiger partial charge >= 0.3 is 0 Å². The number of Topliss-reactive ketones (excluding diaryl/α,β-unsaturated/α-hetero) is 1. The molecule has 0 saturated carbocycles. The van der Waals surface area contributed by atoms with Crippen LogP contribution in [0, 0.1) is 11.8 Å². The van der Waals surface area contributed by atoms with Gasteiger partial charge in [0.1, 0.15) is 5.78 Å². The predicted octanol–water partition coefficient (Wildman–Crippen LogP) is 1.21. The van der Waals surface area contributed by atoms with Crippen LogP contribution >= 0.6 is 0 Å². The lowest BCUT2D eigenvalue weighted by atomic mass is 9.91. The van der Waals surface area contributed by atoms with Crippen LogP contribution in [-0.2, 0) is 4.79 Å². The second-order valence-electron chi connectivity index (χ2n) is 3.50. The van der Waals surface area contributed by atoms with E-state index in [1.165, 1.54) is 0 Å². The molecular weight excluding hydrogens is 138 g/mol. The number of hydrogen-bond donors (Lipinski definition) is 1. The molecule has 1 heterocycles. The van der Waals surface area contributed by atoms with Crippen molar-refractivity contribution in [3.8, 4) is 0 Å². The third-order valence-corrected chi connectivity index (χ3v) is 2.52. The first kappa shape index (κ1) is 8.72. The minimum atomic E-state index is 0.274. The summed E-state index contributed by atoms with van der Waals surface area (Å²) in [7, 11) is 0. The Morgan fingerprint density at radius 3 is 2.64 bits per heavy atom. The monoisotopic (exact) mass is 155 g/mol. The molecule has 64 valence electrons. The van der Waals surface area contributed by atoms with Gasteiger partial charge in [-0.15, -0.1) is 0 Å². The lowest BCUT2D eigenvalue weighted by molar-refractivity contribution is -0.123. The summed E-state index contributed by atoms with van der Waals surface area (Å²) in [6.45, 7) is 6.18. The molecule has 2 nitrogen and oxygen atoms in total. The van der Waals surface area contributed by atoms with Crippen LogP contribution < -0.4 is 5.32 Å². The zero-order valence-electron chi connectivity index (χ0n) is 7.39. The van der Waals surface area contributed by atoms with Crippen LogP contribution in [0.4, 0.5) is 0 Å². The summed E-state index contributed by atoms with van der Waals surface area (Å²) >= 11 is 0. The van der Waals surface area contributed by atoms with E-state index in [9.17, 15) is 4.79 Å². The largest absolute Gasteiger partial charge is 0.316 e. The maximum absolute atomic E-state index is 11.3. The van der Waals surface area contributed by atoms with Gasteiger partial charge in [0.2, 0.25) is 0 Å². The number of nitrogens with one attached hydrogen (secondary N) is 1. The van der Waals surface area contributed by atoms with E-state index < -0.39 is 0 Å². The Kier molecular flexibility index (Phi) is 3.06. The fourth-order valence-corrected chi connectivity index (χ4v) is 1.21. The van der Waals surface area contributed by atoms with Crippen LogP contribution in [0.5, 0.6) is 0 Å². The fourth-order valence-electron chi connectivity index (χ4n) is 1.21. The molecule has 0 aromatic heterocycles. The third kappa shape index (κ3) is 2.29. The van der Waals surface area contributed by atoms with Crippen molar-refractivity contribution < 1.29 is 4.79 Å². The van der Waals surface area contributed by atoms with Gasteiger partial charge in [0.15, 0.2) is 0 Å². The quantitative estimate of drug-likeness (QED) is 0.661. The van der Waals surface area contributed by atoms with E-state index >= 15 is 0 Å². The van der Waals surface area contributed by atoms with E-state index in [0.29, 0.717) is 11.7 Å². The van der Waals surface area contributed by atoms with Crippen molar-refractivity contribution in [2.24, 2.45) is 11.8 Å². The highest BCUT2D eigenvalue weighted by atomic mass is 16.1. The summed E-state index contributed by atoms with van der Waals surface area (Å²) in [5.41, 5.74) is 0. The van der Waals surface area contributed by atoms with Crippen LogP contribution in [0.15, 0.2) is 0 Å². The first-order valence-electron chi connectivity index (χ1n) is 4.47. The van der Waals surface area contributed by atoms with Crippen molar-refractivity contribution in [3.63, 3.8) is 0 Å². The zero-order chi connectivity index (χ0) is 8.27. The molecule has 1 aliphatic rings. The summed E-state index contributed by atoms with van der Waals surface area (Å²) in [5, 5.41) is 3.17. The second kappa shape index (κ2) is 3.86. The summed E-state index contributed by atoms with van der Waals surface area (Å²) in [6, 6.07) is 0. The minimum absolute atomic E-state index is 0.274. The Bertz CT molecular complexity index is 140. The lowest BCUT2D eigenvalue weighted by Crippen LogP contribution is -2.43. The molecule has 11 heavy (non-hydrogen) atoms. The van der Waals surface area contributed by atoms with Gasteiger partial charge in [0.25, 0.3) is 0 Å². The molecule has 1 atom stereocenters. The lowest BCUT2D eigenvalue weighted by Gasteiger charge is -2.27. The number of carbonyl (C=O) groups is 1. The zero-order valence-corrected chi connectivity index (χ0v) is 7.39. The maximum atomic E-state index is 11.3. The van der Waals surface area contributed by atoms with E-state index in [2.05, 4.69) is 12.2 Å². The average Bonchev–Trinajstić information content (AvgIpc) is 1.94. The van der Waals surface area contributed by atoms with Crippen LogP contribution in [-0.4, -0.2) is 18.9 Å². The van der Waals surface area contributed by atoms with E-state index in [-0.39, 0.29) is 5.92 Å². The van der Waals surface area contributed by atoms with Gasteiger partial charge in [-0.05, 0) is 25.4 Å². The van der Waals surface area contributed by atoms with Crippen molar-refractivity contribution in [1.82, 2.24) is 5.32 Å². The number of hydrogen-bond acceptors (Lipinski definition) is 2. The highest BCUT2D eigenvalue weighted by molar-refractivity contribution is 5.80. The first-order chi connectivity index (χ1) is 5.24. The van der Waals surface area contributed by atoms with Crippen LogP contribution in [0.2, 0.25) is 0 Å². The topological polar surface area (TPSA) is 29.1 Å². The molecule has 0 aromatic carbocycles. The average molecular weight is 155 g/mol. The number of rotatable bonds is 4. The Labute approximate surface area is 68.4 Å². The summed E-state index contributed by atoms with van der Waals surface area (Å²) in [6.07, 6.45) is 1.78. The summed E-state index contributed by atoms with van der Waals surface area (Å²) < 4.78 is 0. The summed E-state index contributed by atoms with van der Waals surface area (Å²) in [5.74, 6) is 1.35. The molecule has 0 radical (unpaired) electrons. The molecule has 0 amide bonds. The van der Waals surface area contributed by atoms with Gasteiger partial charge in [-0.25, -0.2) is 0 Å². The highest BCUT2D eigenvalue weighted by Gasteiger charge is 2.21. The number of ketones is 1. The molecule has 0 aromatic rings. The molecule has 2 heteroatoms. The molecule has 1 N–H and O–H groups in total. The van der Waals surface area contributed by atoms with Crippen LogP contribution in [0.3, 0.4) is 0 Å². The fraction of sp³-hybridized carbons (Fsp3) is 0.889. The minimum Gasteiger partial charge on any atom is -0.316 e. The van der Waals surface area contributed by atoms with E-state index in [0.717, 1.165) is 25.9 Å². The Morgan fingerprint density at radius 2 is 2.27 bits per heavy atom. The molecule has 1 saturated heterocycles. The standard InChI is InChI=1S/C9H17NO/c1-3-7(2)9(11)4-8-5-10-6-8/h7-8,10H,3-6H2,1-2H3. The predicted molar refractivity (Wildman–Crippen MR) is 45.4 cm³/mol. The van der Waals surface area contributed by atoms with Crippen molar-refractivity contribution in [2.45, 2.75) is 26.7 Å². The molecular formula is C9H17NO. The van der Waals surface area contributed by atoms with Crippen molar-refractivity contribution in [3.05, 3.63) is 0 Å². The third-order valence-electron chi connectivity index (χ3n) is 2.52. The van der Waals surface area contributed by atoms with Crippen LogP contribution in [0.1, 0.15) is 26.7 Å². The Balaban J connectivity index is 2.19. The molecule has 1 unspecified atom stereocenters. The van der Waals surface area contributed by atoms with Crippen molar-refractivity contribution >= 4 is 5.78 Å².